The number of nitrogens with zero attached hydrogens (tertiary/aromatic N) is 3. The van der Waals surface area contributed by atoms with Crippen LogP contribution in [0.25, 0.3) is 0 Å². The van der Waals surface area contributed by atoms with Gasteiger partial charge in [0.25, 0.3) is 0 Å². The van der Waals surface area contributed by atoms with Crippen molar-refractivity contribution in [1.29, 1.82) is 0 Å². The van der Waals surface area contributed by atoms with Crippen molar-refractivity contribution < 1.29 is 17.9 Å². The number of halogens is 5. The van der Waals surface area contributed by atoms with E-state index in [1.807, 2.05) is 13.8 Å². The van der Waals surface area contributed by atoms with Crippen molar-refractivity contribution in [3.63, 3.8) is 0 Å². The van der Waals surface area contributed by atoms with Crippen molar-refractivity contribution >= 4 is 41.5 Å². The van der Waals surface area contributed by atoms with Crippen molar-refractivity contribution in [2.75, 3.05) is 39.3 Å². The van der Waals surface area contributed by atoms with Gasteiger partial charge in [0.15, 0.2) is 5.96 Å². The molecule has 0 atom stereocenters. The number of hydrogen-bond donors (Lipinski definition) is 2. The highest BCUT2D eigenvalue weighted by Crippen LogP contribution is 2.33. The SMILES string of the molecule is C=C(C)CN1CCC(NC(=NCCOc2ncc(C(F)(F)F)cc2Cl)NCC)CC1.I. The molecular weight excluding hydrogens is 546 g/mol. The minimum Gasteiger partial charge on any atom is -0.475 e. The fraction of sp³-hybridized carbons (Fsp3) is 0.600. The van der Waals surface area contributed by atoms with Gasteiger partial charge in [0, 0.05) is 38.4 Å². The number of rotatable bonds is 8. The smallest absolute Gasteiger partial charge is 0.417 e. The second-order valence-corrected chi connectivity index (χ2v) is 7.68. The highest BCUT2D eigenvalue weighted by Gasteiger charge is 2.31. The predicted octanol–water partition coefficient (Wildman–Crippen LogP) is 4.35. The standard InChI is InChI=1S/C20H29ClF3N5O.HI/c1-4-25-19(28-16-5-8-29(9-6-16)13-14(2)3)26-7-10-30-18-17(21)11-15(12-27-18)20(22,23)24;/h11-12,16H,2,4-10,13H2,1,3H3,(H2,25,26,28);1H. The molecule has 31 heavy (non-hydrogen) atoms. The van der Waals surface area contributed by atoms with Crippen LogP contribution in [-0.4, -0.2) is 61.2 Å². The first-order valence-corrected chi connectivity index (χ1v) is 10.3. The van der Waals surface area contributed by atoms with E-state index in [4.69, 9.17) is 16.3 Å². The number of likely N-dealkylation sites (tertiary alicyclic amines) is 1. The van der Waals surface area contributed by atoms with Crippen molar-refractivity contribution in [1.82, 2.24) is 20.5 Å². The van der Waals surface area contributed by atoms with E-state index < -0.39 is 11.7 Å². The lowest BCUT2D eigenvalue weighted by molar-refractivity contribution is -0.137. The van der Waals surface area contributed by atoms with Gasteiger partial charge >= 0.3 is 6.18 Å². The lowest BCUT2D eigenvalue weighted by Crippen LogP contribution is -2.49. The van der Waals surface area contributed by atoms with Crippen LogP contribution < -0.4 is 15.4 Å². The van der Waals surface area contributed by atoms with Crippen molar-refractivity contribution in [2.24, 2.45) is 4.99 Å². The zero-order valence-corrected chi connectivity index (χ0v) is 20.9. The Hall–Kier alpha value is -1.27. The Bertz CT molecular complexity index is 740. The van der Waals surface area contributed by atoms with Crippen LogP contribution in [0.1, 0.15) is 32.3 Å². The topological polar surface area (TPSA) is 61.8 Å². The second kappa shape index (κ2) is 13.3. The van der Waals surface area contributed by atoms with Gasteiger partial charge in [-0.3, -0.25) is 4.90 Å². The van der Waals surface area contributed by atoms with Crippen LogP contribution in [0.3, 0.4) is 0 Å². The molecule has 1 aliphatic heterocycles. The van der Waals surface area contributed by atoms with Gasteiger partial charge in [-0.15, -0.1) is 24.0 Å². The summed E-state index contributed by atoms with van der Waals surface area (Å²) in [5.74, 6) is 0.647. The molecule has 1 aliphatic rings. The molecule has 0 radical (unpaired) electrons. The molecule has 0 unspecified atom stereocenters. The summed E-state index contributed by atoms with van der Waals surface area (Å²) in [7, 11) is 0. The van der Waals surface area contributed by atoms with E-state index in [1.165, 1.54) is 5.57 Å². The minimum atomic E-state index is -4.49. The average molecular weight is 576 g/mol. The molecule has 1 aromatic rings. The summed E-state index contributed by atoms with van der Waals surface area (Å²) < 4.78 is 43.4. The lowest BCUT2D eigenvalue weighted by Gasteiger charge is -2.33. The van der Waals surface area contributed by atoms with Crippen LogP contribution in [0.15, 0.2) is 29.4 Å². The van der Waals surface area contributed by atoms with Gasteiger partial charge in [0.1, 0.15) is 11.6 Å². The van der Waals surface area contributed by atoms with Gasteiger partial charge in [0.2, 0.25) is 5.88 Å². The third-order valence-electron chi connectivity index (χ3n) is 4.50. The molecule has 6 nitrogen and oxygen atoms in total. The van der Waals surface area contributed by atoms with Crippen molar-refractivity contribution in [3.05, 3.63) is 35.0 Å². The van der Waals surface area contributed by atoms with Gasteiger partial charge in [-0.05, 0) is 32.8 Å². The number of hydrogen-bond acceptors (Lipinski definition) is 4. The Morgan fingerprint density at radius 2 is 2.06 bits per heavy atom. The second-order valence-electron chi connectivity index (χ2n) is 7.27. The van der Waals surface area contributed by atoms with Crippen LogP contribution in [0, 0.1) is 0 Å². The molecule has 0 aliphatic carbocycles. The van der Waals surface area contributed by atoms with E-state index in [9.17, 15) is 13.2 Å². The highest BCUT2D eigenvalue weighted by molar-refractivity contribution is 14.0. The first kappa shape index (κ1) is 27.8. The van der Waals surface area contributed by atoms with Crippen LogP contribution in [0.5, 0.6) is 5.88 Å². The van der Waals surface area contributed by atoms with Gasteiger partial charge < -0.3 is 15.4 Å². The minimum absolute atomic E-state index is 0. The first-order valence-electron chi connectivity index (χ1n) is 9.96. The molecule has 176 valence electrons. The molecule has 1 aromatic heterocycles. The molecule has 1 fully saturated rings. The molecule has 2 rings (SSSR count). The largest absolute Gasteiger partial charge is 0.475 e. The molecule has 11 heteroatoms. The Kier molecular flexibility index (Phi) is 11.9. The number of nitrogens with one attached hydrogen (secondary N) is 2. The number of alkyl halides is 3. The fourth-order valence-corrected chi connectivity index (χ4v) is 3.34. The summed E-state index contributed by atoms with van der Waals surface area (Å²) in [6.07, 6.45) is -1.76. The molecular formula is C20H30ClF3IN5O. The molecule has 1 saturated heterocycles. The van der Waals surface area contributed by atoms with Crippen LogP contribution >= 0.6 is 35.6 Å². The maximum atomic E-state index is 12.7. The van der Waals surface area contributed by atoms with Crippen molar-refractivity contribution in [3.8, 4) is 5.88 Å². The number of guanidine groups is 1. The van der Waals surface area contributed by atoms with Gasteiger partial charge in [-0.25, -0.2) is 9.98 Å². The predicted molar refractivity (Wildman–Crippen MR) is 129 cm³/mol. The van der Waals surface area contributed by atoms with Crippen LogP contribution in [0.2, 0.25) is 5.02 Å². The maximum absolute atomic E-state index is 12.7. The summed E-state index contributed by atoms with van der Waals surface area (Å²) in [6, 6.07) is 1.13. The third kappa shape index (κ3) is 9.82. The van der Waals surface area contributed by atoms with E-state index >= 15 is 0 Å². The summed E-state index contributed by atoms with van der Waals surface area (Å²) in [6.45, 7) is 12.1. The van der Waals surface area contributed by atoms with E-state index in [2.05, 4.69) is 32.1 Å². The molecule has 2 N–H and O–H groups in total. The quantitative estimate of drug-likeness (QED) is 0.159. The Balaban J connectivity index is 0.00000480. The number of ether oxygens (including phenoxy) is 1. The fourth-order valence-electron chi connectivity index (χ4n) is 3.12. The van der Waals surface area contributed by atoms with Crippen LogP contribution in [-0.2, 0) is 6.18 Å². The number of piperidine rings is 1. The number of aliphatic imine (C=N–C) groups is 1. The number of aromatic nitrogens is 1. The summed E-state index contributed by atoms with van der Waals surface area (Å²) in [5, 5.41) is 6.45. The molecule has 0 amide bonds. The van der Waals surface area contributed by atoms with E-state index in [0.29, 0.717) is 31.3 Å². The molecule has 0 bridgehead atoms. The highest BCUT2D eigenvalue weighted by atomic mass is 127. The van der Waals surface area contributed by atoms with E-state index in [0.717, 1.165) is 38.5 Å². The summed E-state index contributed by atoms with van der Waals surface area (Å²) in [4.78, 5) is 10.5. The van der Waals surface area contributed by atoms with Crippen LogP contribution in [0.4, 0.5) is 13.2 Å². The zero-order chi connectivity index (χ0) is 22.1. The van der Waals surface area contributed by atoms with Gasteiger partial charge in [0.05, 0.1) is 12.1 Å². The average Bonchev–Trinajstić information content (AvgIpc) is 2.66. The maximum Gasteiger partial charge on any atom is 0.417 e. The molecule has 0 aromatic carbocycles. The number of pyridine rings is 1. The summed E-state index contributed by atoms with van der Waals surface area (Å²) in [5.41, 5.74) is 0.254. The normalized spacial score (nSPS) is 15.9. The third-order valence-corrected chi connectivity index (χ3v) is 4.77. The zero-order valence-electron chi connectivity index (χ0n) is 17.8. The monoisotopic (exact) mass is 575 g/mol. The van der Waals surface area contributed by atoms with Gasteiger partial charge in [-0.1, -0.05) is 23.8 Å². The Morgan fingerprint density at radius 3 is 2.61 bits per heavy atom. The Labute approximate surface area is 203 Å². The van der Waals surface area contributed by atoms with Gasteiger partial charge in [-0.2, -0.15) is 13.2 Å². The Morgan fingerprint density at radius 1 is 1.39 bits per heavy atom. The van der Waals surface area contributed by atoms with E-state index in [-0.39, 0.29) is 41.5 Å². The molecule has 2 heterocycles. The van der Waals surface area contributed by atoms with Crippen molar-refractivity contribution in [2.45, 2.75) is 38.9 Å². The summed E-state index contributed by atoms with van der Waals surface area (Å²) >= 11 is 5.84. The first-order chi connectivity index (χ1) is 14.2. The lowest BCUT2D eigenvalue weighted by atomic mass is 10.0. The molecule has 0 spiro atoms. The van der Waals surface area contributed by atoms with E-state index in [1.54, 1.807) is 0 Å². The molecule has 0 saturated carbocycles.